The molecule has 0 atom stereocenters. The number of rotatable bonds is 1. The maximum Gasteiger partial charge on any atom is 0.273 e. The molecule has 0 fully saturated rings. The highest BCUT2D eigenvalue weighted by molar-refractivity contribution is 9.10. The molecule has 3 rings (SSSR count). The van der Waals surface area contributed by atoms with E-state index in [2.05, 4.69) is 41.9 Å². The van der Waals surface area contributed by atoms with Crippen LogP contribution in [0.1, 0.15) is 36.1 Å². The first-order chi connectivity index (χ1) is 9.41. The van der Waals surface area contributed by atoms with Gasteiger partial charge in [0.15, 0.2) is 0 Å². The minimum atomic E-state index is -0.279. The highest BCUT2D eigenvalue weighted by Crippen LogP contribution is 2.44. The van der Waals surface area contributed by atoms with Crippen LogP contribution >= 0.6 is 15.9 Å². The van der Waals surface area contributed by atoms with E-state index in [1.807, 2.05) is 12.1 Å². The maximum absolute atomic E-state index is 11.2. The molecular formula is C16H14BrNO2. The number of hydrogen-bond donors (Lipinski definition) is 0. The van der Waals surface area contributed by atoms with Gasteiger partial charge in [-0.25, -0.2) is 0 Å². The molecule has 0 saturated heterocycles. The summed E-state index contributed by atoms with van der Waals surface area (Å²) in [7, 11) is 0. The molecule has 0 bridgehead atoms. The van der Waals surface area contributed by atoms with Gasteiger partial charge in [-0.05, 0) is 28.8 Å². The second-order valence-electron chi connectivity index (χ2n) is 5.66. The first-order valence-corrected chi connectivity index (χ1v) is 7.26. The van der Waals surface area contributed by atoms with Crippen molar-refractivity contribution >= 4 is 21.6 Å². The maximum atomic E-state index is 11.2. The molecule has 20 heavy (non-hydrogen) atoms. The van der Waals surface area contributed by atoms with Crippen molar-refractivity contribution in [2.24, 2.45) is 0 Å². The van der Waals surface area contributed by atoms with Gasteiger partial charge >= 0.3 is 0 Å². The summed E-state index contributed by atoms with van der Waals surface area (Å²) in [5.74, 6) is 0. The lowest BCUT2D eigenvalue weighted by Gasteiger charge is -2.35. The summed E-state index contributed by atoms with van der Waals surface area (Å²) in [4.78, 5) is 11.0. The predicted molar refractivity (Wildman–Crippen MR) is 82.2 cm³/mol. The van der Waals surface area contributed by atoms with Crippen LogP contribution in [-0.4, -0.2) is 4.92 Å². The topological polar surface area (TPSA) is 43.1 Å². The third-order valence-electron chi connectivity index (χ3n) is 4.13. The molecule has 1 aliphatic rings. The molecule has 0 heterocycles. The van der Waals surface area contributed by atoms with Gasteiger partial charge in [0.2, 0.25) is 0 Å². The summed E-state index contributed by atoms with van der Waals surface area (Å²) in [6.07, 6.45) is 0.624. The Hall–Kier alpha value is -1.68. The van der Waals surface area contributed by atoms with E-state index in [0.29, 0.717) is 6.42 Å². The lowest BCUT2D eigenvalue weighted by Crippen LogP contribution is -2.27. The van der Waals surface area contributed by atoms with Gasteiger partial charge in [-0.2, -0.15) is 0 Å². The Morgan fingerprint density at radius 2 is 1.95 bits per heavy atom. The molecular weight excluding hydrogens is 318 g/mol. The van der Waals surface area contributed by atoms with Crippen LogP contribution in [-0.2, 0) is 11.8 Å². The second kappa shape index (κ2) is 4.42. The molecule has 0 amide bonds. The molecule has 3 nitrogen and oxygen atoms in total. The van der Waals surface area contributed by atoms with Crippen LogP contribution in [0.25, 0.3) is 0 Å². The molecule has 2 aromatic rings. The fourth-order valence-electron chi connectivity index (χ4n) is 3.14. The van der Waals surface area contributed by atoms with E-state index in [4.69, 9.17) is 0 Å². The van der Waals surface area contributed by atoms with Gasteiger partial charge in [0.05, 0.1) is 4.92 Å². The molecule has 0 unspecified atom stereocenters. The number of benzene rings is 2. The number of nitrogens with zero attached hydrogens (tertiary/aromatic N) is 1. The van der Waals surface area contributed by atoms with E-state index in [-0.39, 0.29) is 16.0 Å². The fourth-order valence-corrected chi connectivity index (χ4v) is 3.50. The van der Waals surface area contributed by atoms with Gasteiger partial charge in [0.1, 0.15) is 0 Å². The van der Waals surface area contributed by atoms with Crippen molar-refractivity contribution in [2.45, 2.75) is 25.7 Å². The largest absolute Gasteiger partial charge is 0.273 e. The number of nitro benzene ring substituents is 1. The minimum Gasteiger partial charge on any atom is -0.258 e. The normalized spacial score (nSPS) is 15.3. The molecule has 0 N–H and O–H groups in total. The summed E-state index contributed by atoms with van der Waals surface area (Å²) in [6, 6.07) is 11.6. The van der Waals surface area contributed by atoms with E-state index in [0.717, 1.165) is 15.6 Å². The van der Waals surface area contributed by atoms with E-state index < -0.39 is 0 Å². The van der Waals surface area contributed by atoms with Gasteiger partial charge in [0, 0.05) is 27.9 Å². The Kier molecular flexibility index (Phi) is 2.94. The highest BCUT2D eigenvalue weighted by atomic mass is 79.9. The lowest BCUT2D eigenvalue weighted by molar-refractivity contribution is -0.385. The summed E-state index contributed by atoms with van der Waals surface area (Å²) >= 11 is 3.51. The highest BCUT2D eigenvalue weighted by Gasteiger charge is 2.35. The van der Waals surface area contributed by atoms with Crippen molar-refractivity contribution in [3.8, 4) is 0 Å². The number of nitro groups is 1. The van der Waals surface area contributed by atoms with Gasteiger partial charge in [-0.15, -0.1) is 0 Å². The third-order valence-corrected chi connectivity index (χ3v) is 4.63. The van der Waals surface area contributed by atoms with Crippen molar-refractivity contribution < 1.29 is 4.92 Å². The van der Waals surface area contributed by atoms with Crippen LogP contribution in [0, 0.1) is 10.1 Å². The third kappa shape index (κ3) is 1.86. The molecule has 0 spiro atoms. The lowest BCUT2D eigenvalue weighted by atomic mass is 9.68. The fraction of sp³-hybridized carbons (Fsp3) is 0.250. The standard InChI is InChI=1S/C16H14BrNO2/c1-16(2)13-4-3-5-15(18(19)20)12(13)8-10-6-7-11(17)9-14(10)16/h3-7,9H,8H2,1-2H3. The average Bonchev–Trinajstić information content (AvgIpc) is 2.39. The Morgan fingerprint density at radius 3 is 2.65 bits per heavy atom. The van der Waals surface area contributed by atoms with Crippen molar-refractivity contribution in [3.63, 3.8) is 0 Å². The molecule has 0 aliphatic heterocycles. The number of fused-ring (bicyclic) bond motifs is 2. The van der Waals surface area contributed by atoms with Gasteiger partial charge in [-0.1, -0.05) is 48.0 Å². The van der Waals surface area contributed by atoms with Crippen LogP contribution in [0.2, 0.25) is 0 Å². The van der Waals surface area contributed by atoms with Crippen LogP contribution in [0.3, 0.4) is 0 Å². The molecule has 0 saturated carbocycles. The van der Waals surface area contributed by atoms with Crippen LogP contribution < -0.4 is 0 Å². The summed E-state index contributed by atoms with van der Waals surface area (Å²) in [5, 5.41) is 11.2. The first-order valence-electron chi connectivity index (χ1n) is 6.47. The molecule has 4 heteroatoms. The summed E-state index contributed by atoms with van der Waals surface area (Å²) in [5.41, 5.74) is 4.30. The minimum absolute atomic E-state index is 0.223. The Balaban J connectivity index is 2.29. The van der Waals surface area contributed by atoms with E-state index in [9.17, 15) is 10.1 Å². The van der Waals surface area contributed by atoms with E-state index in [1.165, 1.54) is 11.1 Å². The van der Waals surface area contributed by atoms with E-state index >= 15 is 0 Å². The second-order valence-corrected chi connectivity index (χ2v) is 6.58. The van der Waals surface area contributed by atoms with Gasteiger partial charge in [0.25, 0.3) is 5.69 Å². The smallest absolute Gasteiger partial charge is 0.258 e. The van der Waals surface area contributed by atoms with Crippen LogP contribution in [0.5, 0.6) is 0 Å². The molecule has 102 valence electrons. The molecule has 0 radical (unpaired) electrons. The van der Waals surface area contributed by atoms with Crippen molar-refractivity contribution in [2.75, 3.05) is 0 Å². The van der Waals surface area contributed by atoms with Gasteiger partial charge in [-0.3, -0.25) is 10.1 Å². The molecule has 0 aromatic heterocycles. The number of halogens is 1. The van der Waals surface area contributed by atoms with Crippen molar-refractivity contribution in [1.29, 1.82) is 0 Å². The van der Waals surface area contributed by atoms with Crippen LogP contribution in [0.15, 0.2) is 40.9 Å². The zero-order chi connectivity index (χ0) is 14.5. The van der Waals surface area contributed by atoms with E-state index in [1.54, 1.807) is 12.1 Å². The summed E-state index contributed by atoms with van der Waals surface area (Å²) < 4.78 is 1.04. The quantitative estimate of drug-likeness (QED) is 0.566. The first kappa shape index (κ1) is 13.3. The Morgan fingerprint density at radius 1 is 1.20 bits per heavy atom. The van der Waals surface area contributed by atoms with Crippen molar-refractivity contribution in [1.82, 2.24) is 0 Å². The average molecular weight is 332 g/mol. The Bertz CT molecular complexity index is 722. The predicted octanol–water partition coefficient (Wildman–Crippen LogP) is 4.59. The van der Waals surface area contributed by atoms with Crippen LogP contribution in [0.4, 0.5) is 5.69 Å². The zero-order valence-electron chi connectivity index (χ0n) is 11.3. The molecule has 1 aliphatic carbocycles. The summed E-state index contributed by atoms with van der Waals surface area (Å²) in [6.45, 7) is 4.25. The number of hydrogen-bond acceptors (Lipinski definition) is 2. The zero-order valence-corrected chi connectivity index (χ0v) is 12.9. The SMILES string of the molecule is CC1(C)c2cc(Br)ccc2Cc2c([N+](=O)[O-])cccc21. The van der Waals surface area contributed by atoms with Gasteiger partial charge < -0.3 is 0 Å². The monoisotopic (exact) mass is 331 g/mol. The van der Waals surface area contributed by atoms with Crippen molar-refractivity contribution in [3.05, 3.63) is 73.2 Å². The molecule has 2 aromatic carbocycles. The Labute approximate surface area is 125 Å².